The van der Waals surface area contributed by atoms with Gasteiger partial charge in [0.2, 0.25) is 0 Å². The average molecular weight is 240 g/mol. The Kier molecular flexibility index (Phi) is 7.19. The molecule has 6 heteroatoms. The summed E-state index contributed by atoms with van der Waals surface area (Å²) in [5, 5.41) is 8.81. The highest BCUT2D eigenvalue weighted by Crippen LogP contribution is 2.09. The summed E-state index contributed by atoms with van der Waals surface area (Å²) in [5.41, 5.74) is 5.63. The lowest BCUT2D eigenvalue weighted by atomic mass is 10.1. The number of nitrogens with zero attached hydrogens (tertiary/aromatic N) is 1. The van der Waals surface area contributed by atoms with Crippen LogP contribution in [0, 0.1) is 11.3 Å². The maximum atomic E-state index is 11.1. The average Bonchev–Trinajstić information content (AvgIpc) is 2.26. The van der Waals surface area contributed by atoms with Crippen LogP contribution in [-0.2, 0) is 19.1 Å². The normalized spacial score (nSPS) is 11.1. The van der Waals surface area contributed by atoms with Gasteiger partial charge >= 0.3 is 11.9 Å². The van der Waals surface area contributed by atoms with E-state index >= 15 is 0 Å². The number of nitrogens with two attached hydrogens (primary N) is 1. The molecule has 0 aromatic rings. The Morgan fingerprint density at radius 1 is 1.12 bits per heavy atom. The van der Waals surface area contributed by atoms with Crippen LogP contribution in [0.4, 0.5) is 0 Å². The van der Waals surface area contributed by atoms with Gasteiger partial charge in [-0.1, -0.05) is 0 Å². The molecule has 0 aliphatic heterocycles. The molecule has 0 spiro atoms. The van der Waals surface area contributed by atoms with Crippen molar-refractivity contribution in [1.29, 1.82) is 5.26 Å². The van der Waals surface area contributed by atoms with Gasteiger partial charge < -0.3 is 15.2 Å². The minimum Gasteiger partial charge on any atom is -0.466 e. The second-order valence-corrected chi connectivity index (χ2v) is 3.08. The zero-order valence-corrected chi connectivity index (χ0v) is 9.99. The predicted molar refractivity (Wildman–Crippen MR) is 59.3 cm³/mol. The fourth-order valence-corrected chi connectivity index (χ4v) is 1.06. The maximum Gasteiger partial charge on any atom is 0.311 e. The molecule has 2 N–H and O–H groups in total. The first-order chi connectivity index (χ1) is 8.04. The number of rotatable bonds is 6. The van der Waals surface area contributed by atoms with Crippen LogP contribution in [0.25, 0.3) is 0 Å². The summed E-state index contributed by atoms with van der Waals surface area (Å²) in [6.07, 6.45) is -0.425. The zero-order valence-electron chi connectivity index (χ0n) is 9.99. The van der Waals surface area contributed by atoms with Crippen molar-refractivity contribution >= 4 is 11.9 Å². The highest BCUT2D eigenvalue weighted by molar-refractivity contribution is 5.76. The third-order valence-corrected chi connectivity index (χ3v) is 1.79. The van der Waals surface area contributed by atoms with E-state index < -0.39 is 11.9 Å². The summed E-state index contributed by atoms with van der Waals surface area (Å²) in [5.74, 6) is -1.07. The van der Waals surface area contributed by atoms with Gasteiger partial charge in [0.05, 0.1) is 37.7 Å². The van der Waals surface area contributed by atoms with E-state index in [9.17, 15) is 9.59 Å². The Labute approximate surface area is 100.0 Å². The van der Waals surface area contributed by atoms with Gasteiger partial charge in [-0.3, -0.25) is 9.59 Å². The summed E-state index contributed by atoms with van der Waals surface area (Å²) in [7, 11) is 0. The zero-order chi connectivity index (χ0) is 13.3. The Morgan fingerprint density at radius 3 is 2.00 bits per heavy atom. The monoisotopic (exact) mass is 240 g/mol. The summed E-state index contributed by atoms with van der Waals surface area (Å²) < 4.78 is 9.36. The second-order valence-electron chi connectivity index (χ2n) is 3.08. The third-order valence-electron chi connectivity index (χ3n) is 1.79. The van der Waals surface area contributed by atoms with Crippen molar-refractivity contribution in [2.75, 3.05) is 13.2 Å². The van der Waals surface area contributed by atoms with Crippen molar-refractivity contribution in [2.45, 2.75) is 26.7 Å². The van der Waals surface area contributed by atoms with Crippen LogP contribution in [0.1, 0.15) is 26.7 Å². The fraction of sp³-hybridized carbons (Fsp3) is 0.545. The Morgan fingerprint density at radius 2 is 1.59 bits per heavy atom. The number of hydrogen-bond acceptors (Lipinski definition) is 6. The van der Waals surface area contributed by atoms with Gasteiger partial charge in [0.1, 0.15) is 0 Å². The van der Waals surface area contributed by atoms with Crippen molar-refractivity contribution in [2.24, 2.45) is 5.73 Å². The van der Waals surface area contributed by atoms with E-state index in [-0.39, 0.29) is 37.3 Å². The molecule has 0 heterocycles. The minimum atomic E-state index is -0.546. The largest absolute Gasteiger partial charge is 0.466 e. The third kappa shape index (κ3) is 6.20. The second kappa shape index (κ2) is 8.16. The van der Waals surface area contributed by atoms with E-state index in [1.165, 1.54) is 0 Å². The van der Waals surface area contributed by atoms with Gasteiger partial charge in [0.25, 0.3) is 0 Å². The highest BCUT2D eigenvalue weighted by Gasteiger charge is 2.13. The van der Waals surface area contributed by atoms with Gasteiger partial charge in [-0.15, -0.1) is 0 Å². The molecule has 0 saturated carbocycles. The van der Waals surface area contributed by atoms with E-state index in [2.05, 4.69) is 9.47 Å². The van der Waals surface area contributed by atoms with Gasteiger partial charge in [-0.05, 0) is 13.8 Å². The minimum absolute atomic E-state index is 0.0384. The van der Waals surface area contributed by atoms with Gasteiger partial charge in [0.15, 0.2) is 0 Å². The van der Waals surface area contributed by atoms with Crippen LogP contribution < -0.4 is 5.73 Å². The quantitative estimate of drug-likeness (QED) is 0.539. The lowest BCUT2D eigenvalue weighted by Crippen LogP contribution is -2.14. The molecule has 0 radical (unpaired) electrons. The molecule has 0 aliphatic carbocycles. The first-order valence-corrected chi connectivity index (χ1v) is 5.23. The molecular formula is C11H16N2O4. The Bertz CT molecular complexity index is 355. The van der Waals surface area contributed by atoms with E-state index in [1.54, 1.807) is 19.9 Å². The lowest BCUT2D eigenvalue weighted by Gasteiger charge is -2.05. The van der Waals surface area contributed by atoms with Crippen LogP contribution in [0.2, 0.25) is 0 Å². The van der Waals surface area contributed by atoms with Crippen molar-refractivity contribution in [3.8, 4) is 6.07 Å². The van der Waals surface area contributed by atoms with Crippen molar-refractivity contribution in [1.82, 2.24) is 0 Å². The smallest absolute Gasteiger partial charge is 0.311 e. The summed E-state index contributed by atoms with van der Waals surface area (Å²) >= 11 is 0. The molecule has 6 nitrogen and oxygen atoms in total. The molecule has 17 heavy (non-hydrogen) atoms. The van der Waals surface area contributed by atoms with Gasteiger partial charge in [-0.25, -0.2) is 0 Å². The topological polar surface area (TPSA) is 102 Å². The predicted octanol–water partition coefficient (Wildman–Crippen LogP) is 0.629. The van der Waals surface area contributed by atoms with Gasteiger partial charge in [0, 0.05) is 5.70 Å². The molecule has 94 valence electrons. The van der Waals surface area contributed by atoms with Crippen LogP contribution in [0.15, 0.2) is 11.3 Å². The molecule has 0 saturated heterocycles. The molecule has 0 aromatic heterocycles. The fourth-order valence-electron chi connectivity index (χ4n) is 1.06. The Hall–Kier alpha value is -2.03. The molecule has 0 atom stereocenters. The summed E-state index contributed by atoms with van der Waals surface area (Å²) in [4.78, 5) is 22.3. The number of esters is 2. The first kappa shape index (κ1) is 15.0. The number of ether oxygens (including phenoxy) is 2. The van der Waals surface area contributed by atoms with Crippen LogP contribution in [-0.4, -0.2) is 25.2 Å². The molecule has 0 aromatic carbocycles. The molecule has 0 amide bonds. The van der Waals surface area contributed by atoms with Crippen LogP contribution >= 0.6 is 0 Å². The van der Waals surface area contributed by atoms with Gasteiger partial charge in [-0.2, -0.15) is 5.26 Å². The van der Waals surface area contributed by atoms with E-state index in [0.29, 0.717) is 0 Å². The van der Waals surface area contributed by atoms with Crippen LogP contribution in [0.3, 0.4) is 0 Å². The van der Waals surface area contributed by atoms with Crippen molar-refractivity contribution in [3.63, 3.8) is 0 Å². The highest BCUT2D eigenvalue weighted by atomic mass is 16.5. The van der Waals surface area contributed by atoms with E-state index in [1.807, 2.05) is 0 Å². The van der Waals surface area contributed by atoms with E-state index in [4.69, 9.17) is 11.0 Å². The SMILES string of the molecule is CCOC(=O)C/C(N)=C(\C#N)CC(=O)OCC. The molecular weight excluding hydrogens is 224 g/mol. The standard InChI is InChI=1S/C11H16N2O4/c1-3-16-10(14)5-8(7-12)9(13)6-11(15)17-4-2/h3-6,13H2,1-2H3/b9-8+. The molecule has 0 aliphatic rings. The Balaban J connectivity index is 4.55. The van der Waals surface area contributed by atoms with Crippen molar-refractivity contribution < 1.29 is 19.1 Å². The molecule has 0 rings (SSSR count). The first-order valence-electron chi connectivity index (χ1n) is 5.23. The molecule has 0 bridgehead atoms. The number of nitriles is 1. The number of carbonyl (C=O) groups is 2. The molecule has 0 unspecified atom stereocenters. The van der Waals surface area contributed by atoms with E-state index in [0.717, 1.165) is 0 Å². The molecule has 0 fully saturated rings. The number of carbonyl (C=O) groups excluding carboxylic acids is 2. The maximum absolute atomic E-state index is 11.1. The summed E-state index contributed by atoms with van der Waals surface area (Å²) in [6.45, 7) is 3.80. The summed E-state index contributed by atoms with van der Waals surface area (Å²) in [6, 6.07) is 1.78. The number of hydrogen-bond donors (Lipinski definition) is 1. The van der Waals surface area contributed by atoms with Crippen molar-refractivity contribution in [3.05, 3.63) is 11.3 Å². The lowest BCUT2D eigenvalue weighted by molar-refractivity contribution is -0.143. The van der Waals surface area contributed by atoms with Crippen LogP contribution in [0.5, 0.6) is 0 Å².